The zero-order valence-electron chi connectivity index (χ0n) is 10.2. The molecule has 1 aromatic rings. The minimum absolute atomic E-state index is 0.162. The van der Waals surface area contributed by atoms with Crippen LogP contribution in [0.1, 0.15) is 5.56 Å². The number of methoxy groups -OCH3 is 1. The second-order valence-electron chi connectivity index (χ2n) is 3.61. The number of rotatable bonds is 5. The zero-order valence-corrected chi connectivity index (χ0v) is 11.7. The number of amides is 1. The number of nitrogens with one attached hydrogen (secondary N) is 1. The van der Waals surface area contributed by atoms with Crippen LogP contribution in [0, 0.1) is 6.92 Å². The first-order valence-electron chi connectivity index (χ1n) is 5.23. The maximum atomic E-state index is 11.5. The van der Waals surface area contributed by atoms with Gasteiger partial charge in [-0.1, -0.05) is 15.9 Å². The molecule has 0 saturated heterocycles. The van der Waals surface area contributed by atoms with Gasteiger partial charge in [-0.25, -0.2) is 4.79 Å². The molecule has 0 aliphatic heterocycles. The van der Waals surface area contributed by atoms with Crippen LogP contribution in [-0.2, 0) is 19.1 Å². The van der Waals surface area contributed by atoms with Crippen molar-refractivity contribution in [3.05, 3.63) is 28.2 Å². The molecule has 0 heterocycles. The lowest BCUT2D eigenvalue weighted by molar-refractivity contribution is -0.150. The van der Waals surface area contributed by atoms with Crippen molar-refractivity contribution in [1.29, 1.82) is 0 Å². The Morgan fingerprint density at radius 1 is 1.33 bits per heavy atom. The Balaban J connectivity index is 2.44. The summed E-state index contributed by atoms with van der Waals surface area (Å²) in [6.07, 6.45) is 0. The first-order chi connectivity index (χ1) is 8.52. The molecule has 0 bridgehead atoms. The van der Waals surface area contributed by atoms with E-state index in [1.54, 1.807) is 6.07 Å². The van der Waals surface area contributed by atoms with Crippen molar-refractivity contribution in [2.45, 2.75) is 6.92 Å². The van der Waals surface area contributed by atoms with Crippen molar-refractivity contribution in [3.63, 3.8) is 0 Å². The molecule has 0 radical (unpaired) electrons. The second-order valence-corrected chi connectivity index (χ2v) is 4.46. The highest BCUT2D eigenvalue weighted by Crippen LogP contribution is 2.19. The van der Waals surface area contributed by atoms with Gasteiger partial charge in [0.2, 0.25) is 0 Å². The van der Waals surface area contributed by atoms with Crippen molar-refractivity contribution in [1.82, 2.24) is 0 Å². The first-order valence-corrected chi connectivity index (χ1v) is 6.03. The molecular weight excluding hydrogens is 302 g/mol. The zero-order chi connectivity index (χ0) is 13.5. The summed E-state index contributed by atoms with van der Waals surface area (Å²) in [5, 5.41) is 2.63. The third kappa shape index (κ3) is 4.85. The largest absolute Gasteiger partial charge is 0.454 e. The molecule has 18 heavy (non-hydrogen) atoms. The topological polar surface area (TPSA) is 64.6 Å². The maximum absolute atomic E-state index is 11.5. The second kappa shape index (κ2) is 7.13. The molecule has 98 valence electrons. The van der Waals surface area contributed by atoms with Crippen LogP contribution in [0.25, 0.3) is 0 Å². The molecule has 0 aromatic heterocycles. The van der Waals surface area contributed by atoms with E-state index in [0.717, 1.165) is 10.0 Å². The van der Waals surface area contributed by atoms with Crippen LogP contribution in [0.15, 0.2) is 22.7 Å². The van der Waals surface area contributed by atoms with Gasteiger partial charge in [0.25, 0.3) is 5.91 Å². The summed E-state index contributed by atoms with van der Waals surface area (Å²) in [6, 6.07) is 5.41. The lowest BCUT2D eigenvalue weighted by Gasteiger charge is -2.07. The van der Waals surface area contributed by atoms with E-state index >= 15 is 0 Å². The van der Waals surface area contributed by atoms with Gasteiger partial charge in [0.05, 0.1) is 0 Å². The van der Waals surface area contributed by atoms with Crippen LogP contribution < -0.4 is 5.32 Å². The van der Waals surface area contributed by atoms with Crippen LogP contribution in [-0.4, -0.2) is 32.2 Å². The number of benzene rings is 1. The summed E-state index contributed by atoms with van der Waals surface area (Å²) in [6.45, 7) is 1.43. The number of hydrogen-bond acceptors (Lipinski definition) is 4. The smallest absolute Gasteiger partial charge is 0.332 e. The van der Waals surface area contributed by atoms with Gasteiger partial charge in [0.15, 0.2) is 6.61 Å². The molecule has 1 aromatic carbocycles. The van der Waals surface area contributed by atoms with Gasteiger partial charge in [0, 0.05) is 17.3 Å². The summed E-state index contributed by atoms with van der Waals surface area (Å²) < 4.78 is 10.2. The number of halogens is 1. The van der Waals surface area contributed by atoms with E-state index in [1.807, 2.05) is 19.1 Å². The average molecular weight is 316 g/mol. The van der Waals surface area contributed by atoms with E-state index in [4.69, 9.17) is 0 Å². The van der Waals surface area contributed by atoms with Gasteiger partial charge in [-0.15, -0.1) is 0 Å². The van der Waals surface area contributed by atoms with Gasteiger partial charge < -0.3 is 14.8 Å². The van der Waals surface area contributed by atoms with Gasteiger partial charge in [-0.3, -0.25) is 4.79 Å². The lowest BCUT2D eigenvalue weighted by Crippen LogP contribution is -2.22. The normalized spacial score (nSPS) is 9.94. The lowest BCUT2D eigenvalue weighted by atomic mass is 10.2. The first kappa shape index (κ1) is 14.7. The Bertz CT molecular complexity index is 448. The van der Waals surface area contributed by atoms with E-state index < -0.39 is 5.97 Å². The van der Waals surface area contributed by atoms with E-state index in [9.17, 15) is 9.59 Å². The number of carbonyl (C=O) groups excluding carboxylic acids is 2. The van der Waals surface area contributed by atoms with Crippen LogP contribution in [0.3, 0.4) is 0 Å². The predicted octanol–water partition coefficient (Wildman–Crippen LogP) is 1.89. The van der Waals surface area contributed by atoms with E-state index in [2.05, 4.69) is 30.7 Å². The summed E-state index contributed by atoms with van der Waals surface area (Å²) >= 11 is 3.37. The number of esters is 1. The van der Waals surface area contributed by atoms with Gasteiger partial charge in [-0.05, 0) is 30.7 Å². The van der Waals surface area contributed by atoms with Crippen molar-refractivity contribution >= 4 is 33.5 Å². The SMILES string of the molecule is COCC(=O)OCC(=O)Nc1ccc(Br)c(C)c1. The van der Waals surface area contributed by atoms with Crippen LogP contribution in [0.2, 0.25) is 0 Å². The highest BCUT2D eigenvalue weighted by molar-refractivity contribution is 9.10. The summed E-state index contributed by atoms with van der Waals surface area (Å²) in [5.41, 5.74) is 1.66. The van der Waals surface area contributed by atoms with Crippen molar-refractivity contribution in [2.75, 3.05) is 25.6 Å². The summed E-state index contributed by atoms with van der Waals surface area (Å²) in [7, 11) is 1.38. The molecule has 0 aliphatic carbocycles. The quantitative estimate of drug-likeness (QED) is 0.843. The van der Waals surface area contributed by atoms with Gasteiger partial charge in [-0.2, -0.15) is 0 Å². The molecule has 0 saturated carbocycles. The van der Waals surface area contributed by atoms with E-state index in [0.29, 0.717) is 5.69 Å². The van der Waals surface area contributed by atoms with Crippen LogP contribution in [0.4, 0.5) is 5.69 Å². The predicted molar refractivity (Wildman–Crippen MR) is 70.3 cm³/mol. The molecule has 1 amide bonds. The molecule has 0 spiro atoms. The molecule has 1 N–H and O–H groups in total. The van der Waals surface area contributed by atoms with Crippen molar-refractivity contribution in [2.24, 2.45) is 0 Å². The Morgan fingerprint density at radius 2 is 2.06 bits per heavy atom. The molecule has 0 unspecified atom stereocenters. The fourth-order valence-electron chi connectivity index (χ4n) is 1.23. The third-order valence-electron chi connectivity index (χ3n) is 2.07. The summed E-state index contributed by atoms with van der Waals surface area (Å²) in [4.78, 5) is 22.4. The summed E-state index contributed by atoms with van der Waals surface area (Å²) in [5.74, 6) is -0.958. The monoisotopic (exact) mass is 315 g/mol. The van der Waals surface area contributed by atoms with E-state index in [1.165, 1.54) is 7.11 Å². The molecule has 0 aliphatic rings. The van der Waals surface area contributed by atoms with Crippen LogP contribution in [0.5, 0.6) is 0 Å². The standard InChI is InChI=1S/C12H14BrNO4/c1-8-5-9(3-4-10(8)13)14-11(15)6-18-12(16)7-17-2/h3-5H,6-7H2,1-2H3,(H,14,15). The fraction of sp³-hybridized carbons (Fsp3) is 0.333. The average Bonchev–Trinajstić information content (AvgIpc) is 2.32. The van der Waals surface area contributed by atoms with Crippen LogP contribution >= 0.6 is 15.9 Å². The number of aryl methyl sites for hydroxylation is 1. The Hall–Kier alpha value is -1.40. The minimum Gasteiger partial charge on any atom is -0.454 e. The Kier molecular flexibility index (Phi) is 5.80. The number of anilines is 1. The molecule has 0 atom stereocenters. The van der Waals surface area contributed by atoms with E-state index in [-0.39, 0.29) is 19.1 Å². The highest BCUT2D eigenvalue weighted by Gasteiger charge is 2.07. The molecular formula is C12H14BrNO4. The molecule has 6 heteroatoms. The third-order valence-corrected chi connectivity index (χ3v) is 2.96. The Labute approximate surface area is 114 Å². The molecule has 5 nitrogen and oxygen atoms in total. The van der Waals surface area contributed by atoms with Gasteiger partial charge >= 0.3 is 5.97 Å². The van der Waals surface area contributed by atoms with Crippen molar-refractivity contribution < 1.29 is 19.1 Å². The fourth-order valence-corrected chi connectivity index (χ4v) is 1.47. The molecule has 0 fully saturated rings. The maximum Gasteiger partial charge on any atom is 0.332 e. The molecule has 1 rings (SSSR count). The van der Waals surface area contributed by atoms with Gasteiger partial charge in [0.1, 0.15) is 6.61 Å². The number of ether oxygens (including phenoxy) is 2. The number of hydrogen-bond donors (Lipinski definition) is 1. The number of carbonyl (C=O) groups is 2. The Morgan fingerprint density at radius 3 is 2.67 bits per heavy atom. The highest BCUT2D eigenvalue weighted by atomic mass is 79.9. The van der Waals surface area contributed by atoms with Crippen molar-refractivity contribution in [3.8, 4) is 0 Å². The minimum atomic E-state index is -0.570.